The molecule has 3 aliphatic rings. The van der Waals surface area contributed by atoms with Crippen LogP contribution >= 0.6 is 11.6 Å². The quantitative estimate of drug-likeness (QED) is 0.356. The van der Waals surface area contributed by atoms with E-state index in [9.17, 15) is 9.59 Å². The van der Waals surface area contributed by atoms with Crippen LogP contribution in [0.15, 0.2) is 72.8 Å². The van der Waals surface area contributed by atoms with E-state index in [1.54, 1.807) is 0 Å². The average molecular weight is 599 g/mol. The van der Waals surface area contributed by atoms with Crippen molar-refractivity contribution in [2.24, 2.45) is 23.5 Å². The van der Waals surface area contributed by atoms with Crippen molar-refractivity contribution in [1.82, 2.24) is 15.1 Å². The molecule has 1 aliphatic carbocycles. The summed E-state index contributed by atoms with van der Waals surface area (Å²) in [4.78, 5) is 32.4. The lowest BCUT2D eigenvalue weighted by Crippen LogP contribution is -2.60. The summed E-state index contributed by atoms with van der Waals surface area (Å²) in [5.41, 5.74) is 12.3. The smallest absolute Gasteiger partial charge is 0.226 e. The van der Waals surface area contributed by atoms with E-state index in [-0.39, 0.29) is 17.5 Å². The molecule has 0 spiro atoms. The molecule has 3 N–H and O–H groups in total. The maximum Gasteiger partial charge on any atom is 0.226 e. The predicted octanol–water partition coefficient (Wildman–Crippen LogP) is 5.17. The Morgan fingerprint density at radius 3 is 2.12 bits per heavy atom. The average Bonchev–Trinajstić information content (AvgIpc) is 3.59. The van der Waals surface area contributed by atoms with Crippen molar-refractivity contribution >= 4 is 23.4 Å². The highest BCUT2D eigenvalue weighted by Crippen LogP contribution is 2.41. The summed E-state index contributed by atoms with van der Waals surface area (Å²) in [6, 6.07) is 24.2. The van der Waals surface area contributed by atoms with Crippen molar-refractivity contribution in [3.63, 3.8) is 0 Å². The van der Waals surface area contributed by atoms with Crippen molar-refractivity contribution in [2.75, 3.05) is 26.2 Å². The minimum absolute atomic E-state index is 0.0113. The van der Waals surface area contributed by atoms with E-state index in [4.69, 9.17) is 17.3 Å². The summed E-state index contributed by atoms with van der Waals surface area (Å²) in [6.07, 6.45) is 3.68. The molecule has 0 saturated carbocycles. The van der Waals surface area contributed by atoms with Crippen LogP contribution in [0.5, 0.6) is 0 Å². The number of nitrogens with one attached hydrogen (secondary N) is 1. The molecule has 43 heavy (non-hydrogen) atoms. The largest absolute Gasteiger partial charge is 0.369 e. The number of piperazine rings is 1. The van der Waals surface area contributed by atoms with Crippen LogP contribution in [-0.4, -0.2) is 53.3 Å². The fourth-order valence-electron chi connectivity index (χ4n) is 8.05. The van der Waals surface area contributed by atoms with Gasteiger partial charge in [-0.3, -0.25) is 14.5 Å². The monoisotopic (exact) mass is 598 g/mol. The van der Waals surface area contributed by atoms with E-state index in [0.29, 0.717) is 37.0 Å². The van der Waals surface area contributed by atoms with Gasteiger partial charge in [0.2, 0.25) is 11.8 Å². The van der Waals surface area contributed by atoms with Crippen LogP contribution in [0.25, 0.3) is 0 Å². The van der Waals surface area contributed by atoms with Gasteiger partial charge in [-0.25, -0.2) is 0 Å². The third kappa shape index (κ3) is 6.11. The molecule has 0 aromatic heterocycles. The summed E-state index contributed by atoms with van der Waals surface area (Å²) in [7, 11) is 0. The summed E-state index contributed by atoms with van der Waals surface area (Å²) >= 11 is 6.18. The Bertz CT molecular complexity index is 1440. The number of carbonyl (C=O) groups is 2. The number of nitrogens with zero attached hydrogens (tertiary/aromatic N) is 2. The fourth-order valence-corrected chi connectivity index (χ4v) is 8.18. The molecule has 2 amide bonds. The molecule has 2 aliphatic heterocycles. The molecule has 3 aromatic carbocycles. The number of halogens is 1. The first-order chi connectivity index (χ1) is 20.7. The first kappa shape index (κ1) is 29.9. The van der Waals surface area contributed by atoms with Crippen LogP contribution in [0.4, 0.5) is 0 Å². The minimum atomic E-state index is -0.679. The van der Waals surface area contributed by atoms with Gasteiger partial charge in [-0.05, 0) is 71.6 Å². The number of rotatable bonds is 9. The van der Waals surface area contributed by atoms with Crippen LogP contribution in [0, 0.1) is 17.8 Å². The molecular formula is C36H43ClN4O2. The zero-order valence-electron chi connectivity index (χ0n) is 25.3. The molecule has 3 aromatic rings. The summed E-state index contributed by atoms with van der Waals surface area (Å²) in [5, 5.41) is 4.16. The molecular weight excluding hydrogens is 556 g/mol. The number of nitrogens with two attached hydrogens (primary N) is 1. The number of amides is 2. The second kappa shape index (κ2) is 12.4. The van der Waals surface area contributed by atoms with Gasteiger partial charge in [0.1, 0.15) is 0 Å². The first-order valence-corrected chi connectivity index (χ1v) is 16.1. The number of benzene rings is 3. The minimum Gasteiger partial charge on any atom is -0.369 e. The maximum absolute atomic E-state index is 14.5. The highest BCUT2D eigenvalue weighted by molar-refractivity contribution is 6.30. The van der Waals surface area contributed by atoms with Gasteiger partial charge in [-0.1, -0.05) is 86.1 Å². The topological polar surface area (TPSA) is 78.7 Å². The van der Waals surface area contributed by atoms with Gasteiger partial charge < -0.3 is 16.0 Å². The number of carbonyl (C=O) groups excluding carboxylic acids is 2. The van der Waals surface area contributed by atoms with Gasteiger partial charge in [0.15, 0.2) is 0 Å². The van der Waals surface area contributed by atoms with Crippen molar-refractivity contribution < 1.29 is 9.59 Å². The Balaban J connectivity index is 1.24. The predicted molar refractivity (Wildman–Crippen MR) is 172 cm³/mol. The molecule has 3 atom stereocenters. The Morgan fingerprint density at radius 1 is 0.907 bits per heavy atom. The summed E-state index contributed by atoms with van der Waals surface area (Å²) < 4.78 is 0. The van der Waals surface area contributed by atoms with E-state index in [1.807, 2.05) is 47.4 Å². The van der Waals surface area contributed by atoms with E-state index in [2.05, 4.69) is 54.4 Å². The number of primary amides is 1. The number of fused-ring (bicyclic) bond motifs is 2. The highest BCUT2D eigenvalue weighted by Gasteiger charge is 2.46. The Hall–Kier alpha value is -3.19. The van der Waals surface area contributed by atoms with Crippen LogP contribution in [0.3, 0.4) is 0 Å². The Kier molecular flexibility index (Phi) is 8.63. The van der Waals surface area contributed by atoms with Gasteiger partial charge in [-0.15, -0.1) is 0 Å². The van der Waals surface area contributed by atoms with E-state index in [1.165, 1.54) is 11.1 Å². The molecule has 0 radical (unpaired) electrons. The zero-order chi connectivity index (χ0) is 30.1. The number of hydrogen-bond acceptors (Lipinski definition) is 4. The van der Waals surface area contributed by atoms with Crippen LogP contribution in [0.1, 0.15) is 54.1 Å². The fraction of sp³-hybridized carbons (Fsp3) is 0.444. The van der Waals surface area contributed by atoms with Crippen LogP contribution in [0.2, 0.25) is 5.02 Å². The van der Waals surface area contributed by atoms with Crippen LogP contribution in [-0.2, 0) is 35.4 Å². The SMILES string of the molecule is CC(C)CC1(N2CCN(C(=O)C(Cc3ccc(Cl)cc3)C(C(N)=O)C3NCc4ccccc43)CC2)Cc2ccccc2C1. The lowest BCUT2D eigenvalue weighted by Gasteiger charge is -2.47. The lowest BCUT2D eigenvalue weighted by atomic mass is 9.78. The van der Waals surface area contributed by atoms with Gasteiger partial charge in [0.05, 0.1) is 11.8 Å². The standard InChI is InChI=1S/C36H43ClN4O2/c1-24(2)20-36(21-26-7-3-4-8-27(26)22-36)41-17-15-40(16-18-41)35(43)31(19-25-11-13-29(37)14-12-25)32(34(38)42)33-30-10-6-5-9-28(30)23-39-33/h3-14,24,31-33,39H,15-23H2,1-2H3,(H2,38,42). The molecule has 6 rings (SSSR count). The normalized spacial score (nSPS) is 20.9. The molecule has 1 fully saturated rings. The molecule has 3 unspecified atom stereocenters. The molecule has 0 bridgehead atoms. The van der Waals surface area contributed by atoms with E-state index in [0.717, 1.165) is 49.0 Å². The van der Waals surface area contributed by atoms with Crippen LogP contribution < -0.4 is 11.1 Å². The molecule has 7 heteroatoms. The second-order valence-corrected chi connectivity index (χ2v) is 13.6. The molecule has 6 nitrogen and oxygen atoms in total. The van der Waals surface area contributed by atoms with Crippen molar-refractivity contribution in [1.29, 1.82) is 0 Å². The zero-order valence-corrected chi connectivity index (χ0v) is 26.0. The third-order valence-corrected chi connectivity index (χ3v) is 10.2. The highest BCUT2D eigenvalue weighted by atomic mass is 35.5. The molecule has 2 heterocycles. The Labute approximate surface area is 260 Å². The number of hydrogen-bond donors (Lipinski definition) is 2. The summed E-state index contributed by atoms with van der Waals surface area (Å²) in [5.74, 6) is -1.12. The maximum atomic E-state index is 14.5. The van der Waals surface area contributed by atoms with E-state index < -0.39 is 17.7 Å². The van der Waals surface area contributed by atoms with Crippen molar-refractivity contribution in [2.45, 2.75) is 57.7 Å². The first-order valence-electron chi connectivity index (χ1n) is 15.7. The summed E-state index contributed by atoms with van der Waals surface area (Å²) in [6.45, 7) is 8.22. The van der Waals surface area contributed by atoms with Gasteiger partial charge in [0.25, 0.3) is 0 Å². The second-order valence-electron chi connectivity index (χ2n) is 13.2. The Morgan fingerprint density at radius 2 is 1.51 bits per heavy atom. The lowest BCUT2D eigenvalue weighted by molar-refractivity contribution is -0.144. The van der Waals surface area contributed by atoms with Gasteiger partial charge in [-0.2, -0.15) is 0 Å². The van der Waals surface area contributed by atoms with Gasteiger partial charge in [0, 0.05) is 49.3 Å². The molecule has 1 saturated heterocycles. The van der Waals surface area contributed by atoms with Crippen molar-refractivity contribution in [3.05, 3.63) is 106 Å². The van der Waals surface area contributed by atoms with E-state index >= 15 is 0 Å². The third-order valence-electron chi connectivity index (χ3n) is 9.92. The van der Waals surface area contributed by atoms with Crippen molar-refractivity contribution in [3.8, 4) is 0 Å². The van der Waals surface area contributed by atoms with Gasteiger partial charge >= 0.3 is 0 Å². The molecule has 226 valence electrons.